The zero-order chi connectivity index (χ0) is 23.8. The summed E-state index contributed by atoms with van der Waals surface area (Å²) < 4.78 is 1.94. The zero-order valence-electron chi connectivity index (χ0n) is 20.1. The number of allylic oxidation sites excluding steroid dienone is 5. The highest BCUT2D eigenvalue weighted by molar-refractivity contribution is 6.06. The lowest BCUT2D eigenvalue weighted by molar-refractivity contribution is 0.574. The first-order valence-corrected chi connectivity index (χ1v) is 11.5. The van der Waals surface area contributed by atoms with Gasteiger partial charge in [0, 0.05) is 45.2 Å². The van der Waals surface area contributed by atoms with Gasteiger partial charge < -0.3 is 10.2 Å². The first-order chi connectivity index (χ1) is 16.0. The molecule has 2 aromatic rings. The van der Waals surface area contributed by atoms with Crippen molar-refractivity contribution in [2.45, 2.75) is 40.0 Å². The predicted octanol–water partition coefficient (Wildman–Crippen LogP) is 4.83. The fraction of sp³-hybridized carbons (Fsp3) is 0.385. The Morgan fingerprint density at radius 1 is 1.24 bits per heavy atom. The minimum atomic E-state index is -0.0757. The normalized spacial score (nSPS) is 15.7. The number of nitrogens with zero attached hydrogens (tertiary/aromatic N) is 5. The molecule has 1 fully saturated rings. The van der Waals surface area contributed by atoms with Gasteiger partial charge in [0.1, 0.15) is 11.6 Å². The Bertz CT molecular complexity index is 1180. The fourth-order valence-corrected chi connectivity index (χ4v) is 4.06. The number of aromatic nitrogens is 2. The van der Waals surface area contributed by atoms with Crippen molar-refractivity contribution >= 4 is 40.8 Å². The first kappa shape index (κ1) is 24.2. The second kappa shape index (κ2) is 11.4. The number of aryl methyl sites for hydroxylation is 1. The average molecular weight is 447 g/mol. The maximum atomic E-state index is 13.2. The maximum absolute atomic E-state index is 13.2. The van der Waals surface area contributed by atoms with Gasteiger partial charge in [-0.3, -0.25) is 19.3 Å². The van der Waals surface area contributed by atoms with Crippen molar-refractivity contribution in [1.29, 1.82) is 0 Å². The van der Waals surface area contributed by atoms with Crippen LogP contribution in [0.1, 0.15) is 38.7 Å². The smallest absolute Gasteiger partial charge is 0.193 e. The highest BCUT2D eigenvalue weighted by Gasteiger charge is 2.19. The summed E-state index contributed by atoms with van der Waals surface area (Å²) in [4.78, 5) is 29.2. The molecule has 0 unspecified atom stereocenters. The number of pyridine rings is 2. The summed E-state index contributed by atoms with van der Waals surface area (Å²) in [5.74, 6) is 1.49. The number of aliphatic imine (C=N–C) groups is 2. The number of nitrogens with one attached hydrogen (secondary N) is 1. The van der Waals surface area contributed by atoms with E-state index in [1.54, 1.807) is 31.6 Å². The number of hydrogen-bond donors (Lipinski definition) is 1. The molecule has 7 nitrogen and oxygen atoms in total. The zero-order valence-corrected chi connectivity index (χ0v) is 20.1. The highest BCUT2D eigenvalue weighted by Crippen LogP contribution is 2.27. The molecule has 1 N–H and O–H groups in total. The van der Waals surface area contributed by atoms with E-state index in [0.29, 0.717) is 23.4 Å². The number of rotatable bonds is 8. The summed E-state index contributed by atoms with van der Waals surface area (Å²) in [7, 11) is 1.72. The lowest BCUT2D eigenvalue weighted by Gasteiger charge is -2.29. The Morgan fingerprint density at radius 2 is 2.00 bits per heavy atom. The summed E-state index contributed by atoms with van der Waals surface area (Å²) in [6.45, 7) is 12.4. The number of anilines is 2. The number of piperidine rings is 1. The molecular weight excluding hydrogens is 412 g/mol. The van der Waals surface area contributed by atoms with Gasteiger partial charge in [-0.05, 0) is 57.7 Å². The third-order valence-corrected chi connectivity index (χ3v) is 5.64. The standard InChI is InChI=1S/C26H34N6O/c1-6-12-21(18-27-5)32-24(29-20(7-2)17-28-8-3)16-22(33)25-19(4)15-23(30-26(25)32)31-13-10-9-11-14-31/h6-7,12,15-18,29H,1,8-11,13-14H2,2-5H3/b20-7+,21-12+,27-18?,28-17?. The van der Waals surface area contributed by atoms with Crippen molar-refractivity contribution in [3.05, 3.63) is 58.4 Å². The van der Waals surface area contributed by atoms with Crippen molar-refractivity contribution in [3.8, 4) is 0 Å². The average Bonchev–Trinajstić information content (AvgIpc) is 2.82. The van der Waals surface area contributed by atoms with Crippen LogP contribution in [0.2, 0.25) is 0 Å². The van der Waals surface area contributed by atoms with E-state index in [4.69, 9.17) is 4.98 Å². The molecule has 0 bridgehead atoms. The van der Waals surface area contributed by atoms with Crippen molar-refractivity contribution in [1.82, 2.24) is 9.55 Å². The molecule has 0 radical (unpaired) electrons. The molecule has 7 heteroatoms. The molecule has 0 aliphatic carbocycles. The van der Waals surface area contributed by atoms with E-state index in [1.165, 1.54) is 6.42 Å². The molecule has 0 atom stereocenters. The van der Waals surface area contributed by atoms with E-state index in [-0.39, 0.29) is 5.43 Å². The number of hydrogen-bond acceptors (Lipinski definition) is 6. The lowest BCUT2D eigenvalue weighted by Crippen LogP contribution is -2.30. The minimum absolute atomic E-state index is 0.0757. The molecule has 3 heterocycles. The van der Waals surface area contributed by atoms with Crippen LogP contribution >= 0.6 is 0 Å². The molecule has 0 amide bonds. The summed E-state index contributed by atoms with van der Waals surface area (Å²) in [6.07, 6.45) is 12.6. The van der Waals surface area contributed by atoms with Gasteiger partial charge in [-0.2, -0.15) is 0 Å². The molecular formula is C26H34N6O. The first-order valence-electron chi connectivity index (χ1n) is 11.5. The van der Waals surface area contributed by atoms with Crippen LogP contribution in [0.25, 0.3) is 16.7 Å². The van der Waals surface area contributed by atoms with Gasteiger partial charge in [0.05, 0.1) is 16.8 Å². The number of fused-ring (bicyclic) bond motifs is 1. The van der Waals surface area contributed by atoms with Gasteiger partial charge in [-0.15, -0.1) is 0 Å². The van der Waals surface area contributed by atoms with Gasteiger partial charge in [-0.25, -0.2) is 4.98 Å². The van der Waals surface area contributed by atoms with Gasteiger partial charge in [0.15, 0.2) is 11.1 Å². The monoisotopic (exact) mass is 446 g/mol. The summed E-state index contributed by atoms with van der Waals surface area (Å²) in [5, 5.41) is 3.97. The van der Waals surface area contributed by atoms with E-state index in [0.717, 1.165) is 48.7 Å². The van der Waals surface area contributed by atoms with E-state index in [1.807, 2.05) is 43.6 Å². The summed E-state index contributed by atoms with van der Waals surface area (Å²) in [6, 6.07) is 3.64. The molecule has 1 saturated heterocycles. The quantitative estimate of drug-likeness (QED) is 0.466. The SMILES string of the molecule is C=C/C=C(\C=NC)n1c(N/C(C=NCC)=C/C)cc(=O)c2c(C)cc(N3CCCCC3)nc21. The van der Waals surface area contributed by atoms with Crippen molar-refractivity contribution in [2.75, 3.05) is 36.9 Å². The molecule has 0 spiro atoms. The van der Waals surface area contributed by atoms with Crippen LogP contribution < -0.4 is 15.6 Å². The Hall–Kier alpha value is -3.48. The van der Waals surface area contributed by atoms with Gasteiger partial charge in [-0.1, -0.05) is 18.7 Å². The van der Waals surface area contributed by atoms with Crippen LogP contribution in [0.15, 0.2) is 57.4 Å². The van der Waals surface area contributed by atoms with Gasteiger partial charge in [0.2, 0.25) is 0 Å². The van der Waals surface area contributed by atoms with Crippen molar-refractivity contribution < 1.29 is 0 Å². The summed E-state index contributed by atoms with van der Waals surface area (Å²) in [5.41, 5.74) is 2.98. The third-order valence-electron chi connectivity index (χ3n) is 5.64. The van der Waals surface area contributed by atoms with E-state index in [2.05, 4.69) is 26.8 Å². The second-order valence-electron chi connectivity index (χ2n) is 7.98. The molecule has 2 aromatic heterocycles. The molecule has 1 aliphatic rings. The predicted molar refractivity (Wildman–Crippen MR) is 142 cm³/mol. The molecule has 0 saturated carbocycles. The van der Waals surface area contributed by atoms with Crippen LogP contribution in [0.5, 0.6) is 0 Å². The van der Waals surface area contributed by atoms with Crippen LogP contribution in [0.4, 0.5) is 11.6 Å². The van der Waals surface area contributed by atoms with Gasteiger partial charge >= 0.3 is 0 Å². The molecule has 33 heavy (non-hydrogen) atoms. The molecule has 174 valence electrons. The molecule has 3 rings (SSSR count). The van der Waals surface area contributed by atoms with E-state index < -0.39 is 0 Å². The molecule has 1 aliphatic heterocycles. The van der Waals surface area contributed by atoms with Crippen LogP contribution in [-0.2, 0) is 0 Å². The van der Waals surface area contributed by atoms with Crippen molar-refractivity contribution in [2.24, 2.45) is 9.98 Å². The van der Waals surface area contributed by atoms with E-state index >= 15 is 0 Å². The largest absolute Gasteiger partial charge is 0.357 e. The Kier molecular flexibility index (Phi) is 8.35. The lowest BCUT2D eigenvalue weighted by atomic mass is 10.1. The topological polar surface area (TPSA) is 74.9 Å². The van der Waals surface area contributed by atoms with Crippen LogP contribution in [-0.4, -0.2) is 48.7 Å². The Morgan fingerprint density at radius 3 is 2.64 bits per heavy atom. The van der Waals surface area contributed by atoms with Gasteiger partial charge in [0.25, 0.3) is 0 Å². The minimum Gasteiger partial charge on any atom is -0.357 e. The summed E-state index contributed by atoms with van der Waals surface area (Å²) >= 11 is 0. The Labute approximate surface area is 196 Å². The highest BCUT2D eigenvalue weighted by atomic mass is 16.1. The third kappa shape index (κ3) is 5.48. The maximum Gasteiger partial charge on any atom is 0.193 e. The van der Waals surface area contributed by atoms with Crippen LogP contribution in [0, 0.1) is 6.92 Å². The van der Waals surface area contributed by atoms with Crippen molar-refractivity contribution in [3.63, 3.8) is 0 Å². The van der Waals surface area contributed by atoms with Crippen LogP contribution in [0.3, 0.4) is 0 Å². The second-order valence-corrected chi connectivity index (χ2v) is 7.98. The Balaban J connectivity index is 2.33. The molecule has 0 aromatic carbocycles. The fourth-order valence-electron chi connectivity index (χ4n) is 4.06. The van der Waals surface area contributed by atoms with E-state index in [9.17, 15) is 4.79 Å².